The Bertz CT molecular complexity index is 1120. The molecule has 4 fully saturated rings. The second-order valence-electron chi connectivity index (χ2n) is 10.5. The lowest BCUT2D eigenvalue weighted by Gasteiger charge is -2.45. The number of rotatable bonds is 4. The van der Waals surface area contributed by atoms with E-state index in [1.807, 2.05) is 12.1 Å². The standard InChI is InChI=1S/C25H31ClN4O4/c1-24(14-34-13-21(24)31)30-5-3-29(4-6-30)20-9-16-10-22(27-12-17(16)8-19(20)26)28-23(32)18-11-25(18)2-7-33-15-25/h8-10,12,18,21,31H,2-7,11,13-15H2,1H3,(H,27,28,32)/t18-,21-,24+,25+/m1/s1. The molecule has 34 heavy (non-hydrogen) atoms. The van der Waals surface area contributed by atoms with Crippen molar-refractivity contribution in [2.24, 2.45) is 11.3 Å². The minimum Gasteiger partial charge on any atom is -0.389 e. The lowest BCUT2D eigenvalue weighted by Crippen LogP contribution is -2.60. The molecule has 1 saturated carbocycles. The van der Waals surface area contributed by atoms with Gasteiger partial charge in [0.05, 0.1) is 42.2 Å². The number of hydrogen-bond donors (Lipinski definition) is 2. The smallest absolute Gasteiger partial charge is 0.229 e. The molecule has 6 rings (SSSR count). The Morgan fingerprint density at radius 2 is 2.00 bits per heavy atom. The molecule has 4 aliphatic rings. The third kappa shape index (κ3) is 3.76. The number of nitrogens with zero attached hydrogens (tertiary/aromatic N) is 3. The fraction of sp³-hybridized carbons (Fsp3) is 0.600. The Labute approximate surface area is 204 Å². The first kappa shape index (κ1) is 22.5. The highest BCUT2D eigenvalue weighted by Crippen LogP contribution is 2.58. The first-order chi connectivity index (χ1) is 16.4. The Balaban J connectivity index is 1.16. The second-order valence-corrected chi connectivity index (χ2v) is 10.9. The molecule has 2 N–H and O–H groups in total. The van der Waals surface area contributed by atoms with Gasteiger partial charge in [-0.3, -0.25) is 9.69 Å². The average molecular weight is 487 g/mol. The zero-order valence-electron chi connectivity index (χ0n) is 19.4. The van der Waals surface area contributed by atoms with Gasteiger partial charge in [-0.2, -0.15) is 0 Å². The van der Waals surface area contributed by atoms with Crippen molar-refractivity contribution in [3.8, 4) is 0 Å². The van der Waals surface area contributed by atoms with Crippen molar-refractivity contribution < 1.29 is 19.4 Å². The molecule has 3 saturated heterocycles. The number of carbonyl (C=O) groups excluding carboxylic acids is 1. The highest BCUT2D eigenvalue weighted by atomic mass is 35.5. The lowest BCUT2D eigenvalue weighted by molar-refractivity contribution is -0.118. The van der Waals surface area contributed by atoms with Crippen LogP contribution in [0.4, 0.5) is 11.5 Å². The Morgan fingerprint density at radius 3 is 2.71 bits per heavy atom. The van der Waals surface area contributed by atoms with E-state index in [4.69, 9.17) is 21.1 Å². The number of benzene rings is 1. The van der Waals surface area contributed by atoms with Gasteiger partial charge in [0.15, 0.2) is 0 Å². The molecule has 3 aliphatic heterocycles. The number of hydrogen-bond acceptors (Lipinski definition) is 7. The van der Waals surface area contributed by atoms with Crippen molar-refractivity contribution in [2.75, 3.05) is 62.8 Å². The minimum atomic E-state index is -0.462. The number of anilines is 2. The number of halogens is 1. The molecule has 182 valence electrons. The van der Waals surface area contributed by atoms with Crippen LogP contribution in [0, 0.1) is 11.3 Å². The van der Waals surface area contributed by atoms with E-state index < -0.39 is 6.10 Å². The average Bonchev–Trinajstić information content (AvgIpc) is 3.14. The highest BCUT2D eigenvalue weighted by Gasteiger charge is 2.59. The number of ether oxygens (including phenoxy) is 2. The number of aromatic nitrogens is 1. The van der Waals surface area contributed by atoms with Gasteiger partial charge >= 0.3 is 0 Å². The summed E-state index contributed by atoms with van der Waals surface area (Å²) in [6.07, 6.45) is 3.18. The number of aliphatic hydroxyl groups is 1. The fourth-order valence-corrected chi connectivity index (χ4v) is 6.16. The second kappa shape index (κ2) is 8.31. The Hall–Kier alpha value is -1.97. The molecule has 1 aliphatic carbocycles. The zero-order valence-corrected chi connectivity index (χ0v) is 20.2. The first-order valence-corrected chi connectivity index (χ1v) is 12.5. The van der Waals surface area contributed by atoms with Gasteiger partial charge in [-0.05, 0) is 43.4 Å². The van der Waals surface area contributed by atoms with E-state index in [0.717, 1.165) is 62.1 Å². The van der Waals surface area contributed by atoms with E-state index in [2.05, 4.69) is 33.1 Å². The van der Waals surface area contributed by atoms with E-state index in [9.17, 15) is 9.90 Å². The van der Waals surface area contributed by atoms with Crippen molar-refractivity contribution in [2.45, 2.75) is 31.4 Å². The summed E-state index contributed by atoms with van der Waals surface area (Å²) < 4.78 is 11.0. The monoisotopic (exact) mass is 486 g/mol. The Morgan fingerprint density at radius 1 is 1.18 bits per heavy atom. The normalized spacial score (nSPS) is 33.7. The number of aliphatic hydroxyl groups excluding tert-OH is 1. The molecule has 0 bridgehead atoms. The number of amides is 1. The van der Waals surface area contributed by atoms with Crippen molar-refractivity contribution in [1.29, 1.82) is 0 Å². The largest absolute Gasteiger partial charge is 0.389 e. The molecular weight excluding hydrogens is 456 g/mol. The van der Waals surface area contributed by atoms with Crippen LogP contribution in [0.15, 0.2) is 24.4 Å². The summed E-state index contributed by atoms with van der Waals surface area (Å²) >= 11 is 6.67. The number of pyridine rings is 1. The predicted octanol–water partition coefficient (Wildman–Crippen LogP) is 2.53. The molecule has 2 aromatic rings. The molecular formula is C25H31ClN4O4. The molecule has 9 heteroatoms. The van der Waals surface area contributed by atoms with Crippen LogP contribution in [-0.4, -0.2) is 85.1 Å². The SMILES string of the molecule is C[C@]1(N2CCN(c3cc4cc(NC(=O)[C@H]5C[C@]56CCOC6)ncc4cc3Cl)CC2)COC[C@H]1O. The van der Waals surface area contributed by atoms with Crippen molar-refractivity contribution in [3.05, 3.63) is 29.4 Å². The van der Waals surface area contributed by atoms with Crippen molar-refractivity contribution >= 4 is 39.8 Å². The van der Waals surface area contributed by atoms with Gasteiger partial charge < -0.3 is 24.8 Å². The van der Waals surface area contributed by atoms with Crippen LogP contribution in [0.3, 0.4) is 0 Å². The highest BCUT2D eigenvalue weighted by molar-refractivity contribution is 6.34. The maximum atomic E-state index is 12.8. The van der Waals surface area contributed by atoms with E-state index >= 15 is 0 Å². The lowest BCUT2D eigenvalue weighted by atomic mass is 9.95. The third-order valence-electron chi connectivity index (χ3n) is 8.41. The van der Waals surface area contributed by atoms with Crippen LogP contribution in [-0.2, 0) is 14.3 Å². The molecule has 4 heterocycles. The van der Waals surface area contributed by atoms with Crippen LogP contribution >= 0.6 is 11.6 Å². The summed E-state index contributed by atoms with van der Waals surface area (Å²) in [4.78, 5) is 21.8. The van der Waals surface area contributed by atoms with Crippen molar-refractivity contribution in [3.63, 3.8) is 0 Å². The summed E-state index contributed by atoms with van der Waals surface area (Å²) in [5, 5.41) is 16.0. The molecule has 0 radical (unpaired) electrons. The summed E-state index contributed by atoms with van der Waals surface area (Å²) in [6.45, 7) is 7.76. The molecule has 1 amide bonds. The van der Waals surface area contributed by atoms with Crippen LogP contribution in [0.1, 0.15) is 19.8 Å². The van der Waals surface area contributed by atoms with Crippen LogP contribution in [0.5, 0.6) is 0 Å². The van der Waals surface area contributed by atoms with Gasteiger partial charge in [0.2, 0.25) is 5.91 Å². The van der Waals surface area contributed by atoms with Gasteiger partial charge in [0.1, 0.15) is 5.82 Å². The number of carbonyl (C=O) groups is 1. The summed E-state index contributed by atoms with van der Waals surface area (Å²) in [7, 11) is 0. The van der Waals surface area contributed by atoms with Gasteiger partial charge in [-0.15, -0.1) is 0 Å². The van der Waals surface area contributed by atoms with Crippen LogP contribution in [0.25, 0.3) is 10.8 Å². The number of piperazine rings is 1. The first-order valence-electron chi connectivity index (χ1n) is 12.1. The molecule has 4 atom stereocenters. The molecule has 0 unspecified atom stereocenters. The predicted molar refractivity (Wildman–Crippen MR) is 130 cm³/mol. The van der Waals surface area contributed by atoms with Gasteiger partial charge in [0.25, 0.3) is 0 Å². The minimum absolute atomic E-state index is 0.0233. The fourth-order valence-electron chi connectivity index (χ4n) is 5.87. The quantitative estimate of drug-likeness (QED) is 0.686. The third-order valence-corrected chi connectivity index (χ3v) is 8.71. The topological polar surface area (TPSA) is 87.2 Å². The van der Waals surface area contributed by atoms with E-state index in [1.165, 1.54) is 0 Å². The van der Waals surface area contributed by atoms with E-state index in [-0.39, 0.29) is 22.8 Å². The Kier molecular flexibility index (Phi) is 5.50. The summed E-state index contributed by atoms with van der Waals surface area (Å²) in [5.74, 6) is 0.629. The maximum absolute atomic E-state index is 12.8. The van der Waals surface area contributed by atoms with Gasteiger partial charge in [-0.25, -0.2) is 4.98 Å². The molecule has 8 nitrogen and oxygen atoms in total. The van der Waals surface area contributed by atoms with Crippen LogP contribution < -0.4 is 10.2 Å². The van der Waals surface area contributed by atoms with Crippen molar-refractivity contribution in [1.82, 2.24) is 9.88 Å². The van der Waals surface area contributed by atoms with Gasteiger partial charge in [-0.1, -0.05) is 11.6 Å². The number of nitrogens with one attached hydrogen (secondary N) is 1. The van der Waals surface area contributed by atoms with Crippen LogP contribution in [0.2, 0.25) is 5.02 Å². The molecule has 1 spiro atoms. The summed E-state index contributed by atoms with van der Waals surface area (Å²) in [6, 6.07) is 5.96. The zero-order chi connectivity index (χ0) is 23.5. The number of fused-ring (bicyclic) bond motifs is 1. The van der Waals surface area contributed by atoms with Gasteiger partial charge in [0, 0.05) is 55.7 Å². The molecule has 1 aromatic carbocycles. The van der Waals surface area contributed by atoms with E-state index in [0.29, 0.717) is 30.7 Å². The summed E-state index contributed by atoms with van der Waals surface area (Å²) in [5.41, 5.74) is 0.708. The molecule has 1 aromatic heterocycles. The van der Waals surface area contributed by atoms with E-state index in [1.54, 1.807) is 6.20 Å². The maximum Gasteiger partial charge on any atom is 0.229 e.